The number of hydrogen-bond donors (Lipinski definition) is 0. The molecule has 1 aliphatic rings. The van der Waals surface area contributed by atoms with Crippen LogP contribution in [0.15, 0.2) is 22.6 Å². The van der Waals surface area contributed by atoms with Crippen molar-refractivity contribution in [3.8, 4) is 0 Å². The van der Waals surface area contributed by atoms with Gasteiger partial charge in [0, 0.05) is 29.1 Å². The van der Waals surface area contributed by atoms with Crippen molar-refractivity contribution in [1.82, 2.24) is 4.90 Å². The van der Waals surface area contributed by atoms with Crippen LogP contribution in [0.5, 0.6) is 0 Å². The second-order valence-corrected chi connectivity index (χ2v) is 7.19. The van der Waals surface area contributed by atoms with Crippen LogP contribution in [0.2, 0.25) is 5.02 Å². The summed E-state index contributed by atoms with van der Waals surface area (Å²) < 4.78 is 11.0. The molecule has 1 fully saturated rings. The maximum Gasteiger partial charge on any atom is 0.375 e. The Hall–Kier alpha value is -2.01. The van der Waals surface area contributed by atoms with Crippen molar-refractivity contribution in [2.45, 2.75) is 39.7 Å². The Bertz CT molecular complexity index is 805. The number of fused-ring (bicyclic) bond motifs is 1. The van der Waals surface area contributed by atoms with E-state index in [9.17, 15) is 9.59 Å². The summed E-state index contributed by atoms with van der Waals surface area (Å²) in [5, 5.41) is 1.34. The predicted octanol–water partition coefficient (Wildman–Crippen LogP) is 4.20. The van der Waals surface area contributed by atoms with Crippen LogP contribution in [-0.2, 0) is 9.53 Å². The number of furan rings is 1. The van der Waals surface area contributed by atoms with E-state index in [1.54, 1.807) is 36.9 Å². The summed E-state index contributed by atoms with van der Waals surface area (Å²) in [6.07, 6.45) is 1.13. The van der Waals surface area contributed by atoms with Crippen LogP contribution in [0.25, 0.3) is 11.0 Å². The summed E-state index contributed by atoms with van der Waals surface area (Å²) in [5.74, 6) is -0.0378. The van der Waals surface area contributed by atoms with E-state index in [1.165, 1.54) is 0 Å². The van der Waals surface area contributed by atoms with Gasteiger partial charge in [-0.25, -0.2) is 4.79 Å². The van der Waals surface area contributed by atoms with E-state index in [2.05, 4.69) is 6.92 Å². The highest BCUT2D eigenvalue weighted by Crippen LogP contribution is 2.28. The lowest BCUT2D eigenvalue weighted by atomic mass is 9.99. The van der Waals surface area contributed by atoms with Gasteiger partial charge in [-0.2, -0.15) is 0 Å². The normalized spacial score (nSPS) is 16.9. The molecule has 1 atom stereocenters. The molecule has 0 bridgehead atoms. The van der Waals surface area contributed by atoms with Crippen molar-refractivity contribution in [1.29, 1.82) is 0 Å². The van der Waals surface area contributed by atoms with Crippen LogP contribution < -0.4 is 0 Å². The number of carbonyl (C=O) groups is 2. The molecule has 0 aliphatic carbocycles. The average Bonchev–Trinajstić information content (AvgIpc) is 2.91. The third-order valence-corrected chi connectivity index (χ3v) is 5.05. The molecule has 1 aliphatic heterocycles. The third kappa shape index (κ3) is 3.66. The zero-order chi connectivity index (χ0) is 18.1. The van der Waals surface area contributed by atoms with Gasteiger partial charge >= 0.3 is 5.97 Å². The van der Waals surface area contributed by atoms with E-state index in [4.69, 9.17) is 20.8 Å². The number of amides is 1. The second-order valence-electron chi connectivity index (χ2n) is 6.75. The number of esters is 1. The van der Waals surface area contributed by atoms with E-state index < -0.39 is 12.1 Å². The molecule has 1 aromatic heterocycles. The Kier molecular flexibility index (Phi) is 5.04. The van der Waals surface area contributed by atoms with Gasteiger partial charge < -0.3 is 14.1 Å². The summed E-state index contributed by atoms with van der Waals surface area (Å²) in [5.41, 5.74) is 1.23. The van der Waals surface area contributed by atoms with Gasteiger partial charge in [-0.3, -0.25) is 4.79 Å². The Morgan fingerprint density at radius 1 is 1.32 bits per heavy atom. The largest absolute Gasteiger partial charge is 0.449 e. The molecule has 25 heavy (non-hydrogen) atoms. The molecule has 1 aromatic carbocycles. The second kappa shape index (κ2) is 7.08. The number of carbonyl (C=O) groups excluding carboxylic acids is 2. The molecule has 2 aromatic rings. The molecule has 0 spiro atoms. The van der Waals surface area contributed by atoms with E-state index in [1.807, 2.05) is 0 Å². The number of aryl methyl sites for hydroxylation is 1. The van der Waals surface area contributed by atoms with Gasteiger partial charge in [0.05, 0.1) is 0 Å². The molecule has 1 unspecified atom stereocenters. The maximum atomic E-state index is 12.5. The molecular weight excluding hydrogens is 342 g/mol. The van der Waals surface area contributed by atoms with Crippen LogP contribution in [0.4, 0.5) is 0 Å². The molecule has 3 rings (SSSR count). The Morgan fingerprint density at radius 3 is 2.68 bits per heavy atom. The molecule has 0 radical (unpaired) electrons. The van der Waals surface area contributed by atoms with E-state index >= 15 is 0 Å². The molecule has 134 valence electrons. The topological polar surface area (TPSA) is 59.8 Å². The van der Waals surface area contributed by atoms with Crippen LogP contribution >= 0.6 is 11.6 Å². The minimum atomic E-state index is -0.836. The fourth-order valence-corrected chi connectivity index (χ4v) is 3.31. The summed E-state index contributed by atoms with van der Waals surface area (Å²) >= 11 is 5.99. The third-order valence-electron chi connectivity index (χ3n) is 4.81. The first kappa shape index (κ1) is 17.8. The lowest BCUT2D eigenvalue weighted by Gasteiger charge is -2.31. The number of piperidine rings is 1. The van der Waals surface area contributed by atoms with Gasteiger partial charge in [0.15, 0.2) is 6.10 Å². The average molecular weight is 364 g/mol. The van der Waals surface area contributed by atoms with Gasteiger partial charge in [-0.05, 0) is 50.8 Å². The fraction of sp³-hybridized carbons (Fsp3) is 0.474. The number of rotatable bonds is 3. The van der Waals surface area contributed by atoms with Gasteiger partial charge in [0.2, 0.25) is 5.76 Å². The van der Waals surface area contributed by atoms with Crippen molar-refractivity contribution in [2.75, 3.05) is 13.1 Å². The fourth-order valence-electron chi connectivity index (χ4n) is 3.14. The number of hydrogen-bond acceptors (Lipinski definition) is 4. The zero-order valence-corrected chi connectivity index (χ0v) is 15.4. The first-order valence-electron chi connectivity index (χ1n) is 8.55. The quantitative estimate of drug-likeness (QED) is 0.767. The van der Waals surface area contributed by atoms with Crippen LogP contribution in [0.1, 0.15) is 42.8 Å². The number of likely N-dealkylation sites (tertiary alicyclic amines) is 1. The lowest BCUT2D eigenvalue weighted by Crippen LogP contribution is -2.44. The monoisotopic (exact) mass is 363 g/mol. The predicted molar refractivity (Wildman–Crippen MR) is 95.8 cm³/mol. The number of halogens is 1. The van der Waals surface area contributed by atoms with Gasteiger partial charge in [0.1, 0.15) is 5.58 Å². The molecule has 6 heteroatoms. The molecule has 2 heterocycles. The Morgan fingerprint density at radius 2 is 2.00 bits per heavy atom. The summed E-state index contributed by atoms with van der Waals surface area (Å²) in [4.78, 5) is 26.7. The van der Waals surface area contributed by atoms with Crippen molar-refractivity contribution in [3.05, 3.63) is 34.5 Å². The molecule has 1 amide bonds. The van der Waals surface area contributed by atoms with Crippen molar-refractivity contribution in [3.63, 3.8) is 0 Å². The molecule has 5 nitrogen and oxygen atoms in total. The highest BCUT2D eigenvalue weighted by molar-refractivity contribution is 6.31. The SMILES string of the molecule is Cc1c(C(=O)OC(C)C(=O)N2CCC(C)CC2)oc2ccc(Cl)cc12. The molecule has 0 N–H and O–H groups in total. The standard InChI is InChI=1S/C19H22ClNO4/c1-11-6-8-21(9-7-11)18(22)13(3)24-19(23)17-12(2)15-10-14(20)4-5-16(15)25-17/h4-5,10-11,13H,6-9H2,1-3H3. The van der Waals surface area contributed by atoms with Crippen molar-refractivity contribution >= 4 is 34.4 Å². The molecule has 1 saturated heterocycles. The molecular formula is C19H22ClNO4. The number of benzene rings is 1. The lowest BCUT2D eigenvalue weighted by molar-refractivity contribution is -0.141. The minimum Gasteiger partial charge on any atom is -0.449 e. The van der Waals surface area contributed by atoms with Crippen molar-refractivity contribution in [2.24, 2.45) is 5.92 Å². The first-order chi connectivity index (χ1) is 11.9. The highest BCUT2D eigenvalue weighted by Gasteiger charge is 2.29. The van der Waals surface area contributed by atoms with Gasteiger partial charge in [-0.1, -0.05) is 18.5 Å². The summed E-state index contributed by atoms with van der Waals surface area (Å²) in [6.45, 7) is 6.99. The Balaban J connectivity index is 1.71. The van der Waals surface area contributed by atoms with Crippen LogP contribution in [0, 0.1) is 12.8 Å². The smallest absolute Gasteiger partial charge is 0.375 e. The zero-order valence-electron chi connectivity index (χ0n) is 14.7. The first-order valence-corrected chi connectivity index (χ1v) is 8.93. The van der Waals surface area contributed by atoms with Gasteiger partial charge in [0.25, 0.3) is 5.91 Å². The summed E-state index contributed by atoms with van der Waals surface area (Å²) in [7, 11) is 0. The number of ether oxygens (including phenoxy) is 1. The van der Waals surface area contributed by atoms with Crippen LogP contribution in [-0.4, -0.2) is 36.0 Å². The van der Waals surface area contributed by atoms with E-state index in [0.29, 0.717) is 35.2 Å². The van der Waals surface area contributed by atoms with E-state index in [0.717, 1.165) is 18.2 Å². The summed E-state index contributed by atoms with van der Waals surface area (Å²) in [6, 6.07) is 5.16. The number of nitrogens with zero attached hydrogens (tertiary/aromatic N) is 1. The minimum absolute atomic E-state index is 0.115. The van der Waals surface area contributed by atoms with Gasteiger partial charge in [-0.15, -0.1) is 0 Å². The van der Waals surface area contributed by atoms with Crippen molar-refractivity contribution < 1.29 is 18.7 Å². The molecule has 0 saturated carbocycles. The van der Waals surface area contributed by atoms with Crippen LogP contribution in [0.3, 0.4) is 0 Å². The van der Waals surface area contributed by atoms with E-state index in [-0.39, 0.29) is 11.7 Å². The Labute approximate surface area is 151 Å². The maximum absolute atomic E-state index is 12.5. The highest BCUT2D eigenvalue weighted by atomic mass is 35.5.